The molecule has 1 heterocycles. The summed E-state index contributed by atoms with van der Waals surface area (Å²) in [6.07, 6.45) is 3.56. The normalized spacial score (nSPS) is 10.1. The number of rotatable bonds is 4. The first kappa shape index (κ1) is 12.0. The molecule has 0 spiro atoms. The molecule has 2 amide bonds. The summed E-state index contributed by atoms with van der Waals surface area (Å²) in [7, 11) is 1.94. The first-order valence-corrected chi connectivity index (χ1v) is 5.51. The topological polar surface area (TPSA) is 85.0 Å². The molecule has 1 aromatic heterocycles. The van der Waals surface area contributed by atoms with Crippen LogP contribution in [0.3, 0.4) is 0 Å². The summed E-state index contributed by atoms with van der Waals surface area (Å²) in [5.74, 6) is 0. The number of nitrogens with one attached hydrogen (secondary N) is 2. The maximum Gasteiger partial charge on any atom is 0.316 e. The molecule has 2 aromatic rings. The summed E-state index contributed by atoms with van der Waals surface area (Å²) in [4.78, 5) is 14.8. The molecule has 4 N–H and O–H groups in total. The lowest BCUT2D eigenvalue weighted by atomic mass is 10.2. The Balaban J connectivity index is 2.01. The monoisotopic (exact) mass is 245 g/mol. The molecule has 0 atom stereocenters. The van der Waals surface area contributed by atoms with E-state index in [2.05, 4.69) is 15.6 Å². The lowest BCUT2D eigenvalue weighted by molar-refractivity contribution is 0.259. The average Bonchev–Trinajstić information content (AvgIpc) is 2.72. The fourth-order valence-electron chi connectivity index (χ4n) is 1.60. The van der Waals surface area contributed by atoms with Gasteiger partial charge in [-0.3, -0.25) is 0 Å². The van der Waals surface area contributed by atoms with Crippen molar-refractivity contribution in [3.05, 3.63) is 42.5 Å². The van der Waals surface area contributed by atoms with Crippen molar-refractivity contribution in [1.29, 1.82) is 0 Å². The second kappa shape index (κ2) is 5.22. The second-order valence-corrected chi connectivity index (χ2v) is 3.92. The van der Waals surface area contributed by atoms with Crippen molar-refractivity contribution in [3.63, 3.8) is 0 Å². The summed E-state index contributed by atoms with van der Waals surface area (Å²) in [5.41, 5.74) is 7.71. The fourth-order valence-corrected chi connectivity index (χ4v) is 1.60. The van der Waals surface area contributed by atoms with Crippen LogP contribution in [0.2, 0.25) is 0 Å². The minimum Gasteiger partial charge on any atom is -0.379 e. The highest BCUT2D eigenvalue weighted by Gasteiger charge is 2.00. The third-order valence-corrected chi connectivity index (χ3v) is 2.52. The van der Waals surface area contributed by atoms with E-state index in [1.165, 1.54) is 0 Å². The van der Waals surface area contributed by atoms with Gasteiger partial charge in [-0.25, -0.2) is 9.78 Å². The van der Waals surface area contributed by atoms with Crippen molar-refractivity contribution in [2.45, 2.75) is 6.54 Å². The number of carbonyl (C=O) groups excluding carboxylic acids is 1. The van der Waals surface area contributed by atoms with E-state index >= 15 is 0 Å². The summed E-state index contributed by atoms with van der Waals surface area (Å²) in [6, 6.07) is 6.79. The number of primary amides is 1. The molecule has 0 unspecified atom stereocenters. The van der Waals surface area contributed by atoms with Gasteiger partial charge in [0.15, 0.2) is 0 Å². The Hall–Kier alpha value is -2.50. The van der Waals surface area contributed by atoms with Crippen molar-refractivity contribution >= 4 is 17.4 Å². The number of benzene rings is 1. The van der Waals surface area contributed by atoms with Crippen molar-refractivity contribution in [3.8, 4) is 0 Å². The molecule has 2 rings (SSSR count). The van der Waals surface area contributed by atoms with Crippen LogP contribution in [0.1, 0.15) is 5.69 Å². The molecule has 6 heteroatoms. The van der Waals surface area contributed by atoms with Crippen LogP contribution < -0.4 is 16.4 Å². The Kier molecular flexibility index (Phi) is 3.47. The molecule has 0 fully saturated rings. The predicted octanol–water partition coefficient (Wildman–Crippen LogP) is 1.52. The molecule has 0 aliphatic heterocycles. The number of nitrogens with zero attached hydrogens (tertiary/aromatic N) is 2. The van der Waals surface area contributed by atoms with Crippen molar-refractivity contribution in [2.75, 3.05) is 10.6 Å². The molecule has 18 heavy (non-hydrogen) atoms. The van der Waals surface area contributed by atoms with Gasteiger partial charge in [-0.05, 0) is 18.2 Å². The molecule has 0 bridgehead atoms. The van der Waals surface area contributed by atoms with E-state index < -0.39 is 6.03 Å². The Morgan fingerprint density at radius 3 is 2.89 bits per heavy atom. The van der Waals surface area contributed by atoms with Crippen LogP contribution in [0, 0.1) is 0 Å². The standard InChI is InChI=1S/C12H15N5O/c1-17-8-14-6-11(17)7-15-9-3-2-4-10(5-9)16-12(13)18/h2-6,8,15H,7H2,1H3,(H3,13,16,18). The number of aryl methyl sites for hydroxylation is 1. The minimum absolute atomic E-state index is 0.571. The van der Waals surface area contributed by atoms with E-state index in [1.807, 2.05) is 29.8 Å². The van der Waals surface area contributed by atoms with Crippen LogP contribution in [0.15, 0.2) is 36.8 Å². The van der Waals surface area contributed by atoms with E-state index in [0.29, 0.717) is 12.2 Å². The summed E-state index contributed by atoms with van der Waals surface area (Å²) in [5, 5.41) is 5.78. The van der Waals surface area contributed by atoms with Gasteiger partial charge < -0.3 is 20.9 Å². The quantitative estimate of drug-likeness (QED) is 0.763. The van der Waals surface area contributed by atoms with E-state index in [-0.39, 0.29) is 0 Å². The number of imidazole rings is 1. The number of hydrogen-bond acceptors (Lipinski definition) is 3. The maximum atomic E-state index is 10.7. The van der Waals surface area contributed by atoms with Crippen molar-refractivity contribution < 1.29 is 4.79 Å². The second-order valence-electron chi connectivity index (χ2n) is 3.92. The summed E-state index contributed by atoms with van der Waals surface area (Å²) >= 11 is 0. The van der Waals surface area contributed by atoms with Crippen LogP contribution in [0.5, 0.6) is 0 Å². The summed E-state index contributed by atoms with van der Waals surface area (Å²) < 4.78 is 1.94. The van der Waals surface area contributed by atoms with Gasteiger partial charge in [0.05, 0.1) is 18.6 Å². The van der Waals surface area contributed by atoms with Gasteiger partial charge in [-0.2, -0.15) is 0 Å². The molecule has 0 aliphatic rings. The van der Waals surface area contributed by atoms with Crippen LogP contribution in [0.25, 0.3) is 0 Å². The van der Waals surface area contributed by atoms with Gasteiger partial charge in [0.1, 0.15) is 0 Å². The number of aromatic nitrogens is 2. The van der Waals surface area contributed by atoms with Gasteiger partial charge in [0.25, 0.3) is 0 Å². The van der Waals surface area contributed by atoms with Gasteiger partial charge in [-0.15, -0.1) is 0 Å². The molecule has 0 radical (unpaired) electrons. The summed E-state index contributed by atoms with van der Waals surface area (Å²) in [6.45, 7) is 0.663. The Labute approximate surface area is 105 Å². The molecular weight excluding hydrogens is 230 g/mol. The van der Waals surface area contributed by atoms with E-state index in [9.17, 15) is 4.79 Å². The number of carbonyl (C=O) groups is 1. The molecule has 6 nitrogen and oxygen atoms in total. The van der Waals surface area contributed by atoms with Crippen LogP contribution in [-0.2, 0) is 13.6 Å². The van der Waals surface area contributed by atoms with Gasteiger partial charge in [-0.1, -0.05) is 6.07 Å². The van der Waals surface area contributed by atoms with Gasteiger partial charge >= 0.3 is 6.03 Å². The molecule has 1 aromatic carbocycles. The highest BCUT2D eigenvalue weighted by atomic mass is 16.2. The molecule has 94 valence electrons. The average molecular weight is 245 g/mol. The van der Waals surface area contributed by atoms with Gasteiger partial charge in [0, 0.05) is 24.6 Å². The zero-order valence-electron chi connectivity index (χ0n) is 10.1. The number of hydrogen-bond donors (Lipinski definition) is 3. The number of amides is 2. The molecule has 0 saturated heterocycles. The van der Waals surface area contributed by atoms with Crippen LogP contribution in [0.4, 0.5) is 16.2 Å². The van der Waals surface area contributed by atoms with Crippen molar-refractivity contribution in [1.82, 2.24) is 9.55 Å². The van der Waals surface area contributed by atoms with E-state index in [1.54, 1.807) is 18.6 Å². The fraction of sp³-hybridized carbons (Fsp3) is 0.167. The van der Waals surface area contributed by atoms with E-state index in [0.717, 1.165) is 11.4 Å². The highest BCUT2D eigenvalue weighted by molar-refractivity contribution is 5.88. The Morgan fingerprint density at radius 2 is 2.22 bits per heavy atom. The number of urea groups is 1. The predicted molar refractivity (Wildman–Crippen MR) is 70.2 cm³/mol. The Bertz CT molecular complexity index is 549. The first-order chi connectivity index (χ1) is 8.65. The molecular formula is C12H15N5O. The number of nitrogens with two attached hydrogens (primary N) is 1. The Morgan fingerprint density at radius 1 is 1.44 bits per heavy atom. The lowest BCUT2D eigenvalue weighted by Crippen LogP contribution is -2.19. The third-order valence-electron chi connectivity index (χ3n) is 2.52. The SMILES string of the molecule is Cn1cncc1CNc1cccc(NC(N)=O)c1. The zero-order valence-corrected chi connectivity index (χ0v) is 10.1. The lowest BCUT2D eigenvalue weighted by Gasteiger charge is -2.08. The molecule has 0 aliphatic carbocycles. The largest absolute Gasteiger partial charge is 0.379 e. The number of anilines is 2. The molecule has 0 saturated carbocycles. The van der Waals surface area contributed by atoms with Crippen LogP contribution >= 0.6 is 0 Å². The van der Waals surface area contributed by atoms with Crippen molar-refractivity contribution in [2.24, 2.45) is 12.8 Å². The highest BCUT2D eigenvalue weighted by Crippen LogP contribution is 2.15. The zero-order chi connectivity index (χ0) is 13.0. The maximum absolute atomic E-state index is 10.7. The van der Waals surface area contributed by atoms with Gasteiger partial charge in [0.2, 0.25) is 0 Å². The van der Waals surface area contributed by atoms with Crippen LogP contribution in [-0.4, -0.2) is 15.6 Å². The van der Waals surface area contributed by atoms with E-state index in [4.69, 9.17) is 5.73 Å². The third kappa shape index (κ3) is 3.00. The smallest absolute Gasteiger partial charge is 0.316 e. The first-order valence-electron chi connectivity index (χ1n) is 5.51. The minimum atomic E-state index is -0.571.